The van der Waals surface area contributed by atoms with E-state index in [4.69, 9.17) is 16.3 Å². The van der Waals surface area contributed by atoms with Gasteiger partial charge in [0.25, 0.3) is 0 Å². The van der Waals surface area contributed by atoms with Crippen LogP contribution in [0.2, 0.25) is 5.02 Å². The number of amides is 1. The van der Waals surface area contributed by atoms with Crippen LogP contribution >= 0.6 is 34.2 Å². The van der Waals surface area contributed by atoms with Gasteiger partial charge in [0, 0.05) is 12.6 Å². The van der Waals surface area contributed by atoms with Gasteiger partial charge in [0.05, 0.1) is 16.4 Å². The second kappa shape index (κ2) is 8.37. The van der Waals surface area contributed by atoms with Crippen molar-refractivity contribution in [3.05, 3.63) is 59.0 Å². The molecule has 1 atom stereocenters. The van der Waals surface area contributed by atoms with Gasteiger partial charge in [-0.25, -0.2) is 14.2 Å². The first-order chi connectivity index (χ1) is 12.8. The van der Waals surface area contributed by atoms with Crippen LogP contribution in [0.15, 0.2) is 36.9 Å². The maximum absolute atomic E-state index is 13.5. The number of carbonyl (C=O) groups is 1. The number of pyridine rings is 1. The third kappa shape index (κ3) is 5.23. The van der Waals surface area contributed by atoms with Crippen molar-refractivity contribution >= 4 is 46.4 Å². The van der Waals surface area contributed by atoms with Crippen LogP contribution < -0.4 is 0 Å². The van der Waals surface area contributed by atoms with E-state index in [-0.39, 0.29) is 5.02 Å². The van der Waals surface area contributed by atoms with Crippen molar-refractivity contribution in [1.29, 1.82) is 0 Å². The summed E-state index contributed by atoms with van der Waals surface area (Å²) in [5.41, 5.74) is 2.13. The predicted octanol–water partition coefficient (Wildman–Crippen LogP) is 6.66. The van der Waals surface area contributed by atoms with Gasteiger partial charge in [-0.1, -0.05) is 18.2 Å². The molecule has 1 amide bonds. The Balaban J connectivity index is 2.50. The zero-order chi connectivity index (χ0) is 21.3. The largest absolute Gasteiger partial charge is 0.444 e. The topological polar surface area (TPSA) is 42.4 Å². The second-order valence-corrected chi connectivity index (χ2v) is 10.00. The summed E-state index contributed by atoms with van der Waals surface area (Å²) in [6.45, 7) is 11.2. The number of hydrogen-bond donors (Lipinski definition) is 0. The summed E-state index contributed by atoms with van der Waals surface area (Å²) in [7, 11) is 1.68. The van der Waals surface area contributed by atoms with Crippen molar-refractivity contribution in [1.82, 2.24) is 9.88 Å². The highest BCUT2D eigenvalue weighted by molar-refractivity contribution is 14.1. The van der Waals surface area contributed by atoms with Gasteiger partial charge in [0.15, 0.2) is 0 Å². The Labute approximate surface area is 183 Å². The number of aromatic nitrogens is 1. The molecule has 0 aliphatic rings. The lowest BCUT2D eigenvalue weighted by molar-refractivity contribution is 0.0216. The van der Waals surface area contributed by atoms with Gasteiger partial charge in [-0.2, -0.15) is 0 Å². The Bertz CT molecular complexity index is 910. The van der Waals surface area contributed by atoms with Crippen molar-refractivity contribution < 1.29 is 13.9 Å². The van der Waals surface area contributed by atoms with E-state index in [0.29, 0.717) is 17.0 Å². The summed E-state index contributed by atoms with van der Waals surface area (Å²) in [6, 6.07) is 8.15. The zero-order valence-corrected chi connectivity index (χ0v) is 19.4. The first-order valence-corrected chi connectivity index (χ1v) is 10.1. The van der Waals surface area contributed by atoms with E-state index in [9.17, 15) is 9.18 Å². The van der Waals surface area contributed by atoms with Crippen molar-refractivity contribution in [3.8, 4) is 11.3 Å². The zero-order valence-electron chi connectivity index (χ0n) is 16.5. The van der Waals surface area contributed by atoms with Gasteiger partial charge < -0.3 is 4.74 Å². The third-order valence-corrected chi connectivity index (χ3v) is 5.73. The van der Waals surface area contributed by atoms with E-state index >= 15 is 0 Å². The molecule has 0 N–H and O–H groups in total. The van der Waals surface area contributed by atoms with Crippen LogP contribution in [0, 0.1) is 5.82 Å². The standard InChI is InChI=1S/C21H23ClFIN2O2/c1-7-15-11-14(21(5,24)26(6)19(27)28-20(2,3)4)12-18(25-15)13-8-9-17(23)16(22)10-13/h7-12H,1H2,2-6H3. The summed E-state index contributed by atoms with van der Waals surface area (Å²) in [5.74, 6) is -0.492. The number of halogens is 3. The number of hydrogen-bond acceptors (Lipinski definition) is 3. The van der Waals surface area contributed by atoms with Crippen LogP contribution in [0.3, 0.4) is 0 Å². The highest BCUT2D eigenvalue weighted by Crippen LogP contribution is 2.37. The molecule has 28 heavy (non-hydrogen) atoms. The highest BCUT2D eigenvalue weighted by Gasteiger charge is 2.35. The maximum Gasteiger partial charge on any atom is 0.411 e. The van der Waals surface area contributed by atoms with Gasteiger partial charge in [0.2, 0.25) is 0 Å². The number of ether oxygens (including phenoxy) is 1. The normalized spacial score (nSPS) is 13.6. The summed E-state index contributed by atoms with van der Waals surface area (Å²) < 4.78 is 18.3. The fourth-order valence-electron chi connectivity index (χ4n) is 2.42. The highest BCUT2D eigenvalue weighted by atomic mass is 127. The maximum atomic E-state index is 13.5. The predicted molar refractivity (Wildman–Crippen MR) is 120 cm³/mol. The van der Waals surface area contributed by atoms with Crippen molar-refractivity contribution in [3.63, 3.8) is 0 Å². The molecule has 2 aromatic rings. The molecular formula is C21H23ClFIN2O2. The number of nitrogens with zero attached hydrogens (tertiary/aromatic N) is 2. The minimum absolute atomic E-state index is 0.0213. The van der Waals surface area contributed by atoms with E-state index in [1.165, 1.54) is 17.0 Å². The fraction of sp³-hybridized carbons (Fsp3) is 0.333. The lowest BCUT2D eigenvalue weighted by Gasteiger charge is -2.35. The molecule has 1 unspecified atom stereocenters. The number of alkyl halides is 1. The van der Waals surface area contributed by atoms with Gasteiger partial charge in [0.1, 0.15) is 15.0 Å². The Kier molecular flexibility index (Phi) is 6.76. The van der Waals surface area contributed by atoms with Crippen LogP contribution in [0.4, 0.5) is 9.18 Å². The molecule has 0 bridgehead atoms. The fourth-order valence-corrected chi connectivity index (χ4v) is 3.11. The molecule has 1 aromatic heterocycles. The SMILES string of the molecule is C=Cc1cc(C(C)(I)N(C)C(=O)OC(C)(C)C)cc(-c2ccc(F)c(Cl)c2)n1. The molecule has 1 heterocycles. The lowest BCUT2D eigenvalue weighted by Crippen LogP contribution is -2.43. The minimum atomic E-state index is -0.723. The molecule has 150 valence electrons. The molecule has 0 spiro atoms. The Morgan fingerprint density at radius 1 is 1.29 bits per heavy atom. The molecule has 0 radical (unpaired) electrons. The number of benzene rings is 1. The monoisotopic (exact) mass is 516 g/mol. The van der Waals surface area contributed by atoms with Crippen LogP contribution in [0.25, 0.3) is 17.3 Å². The minimum Gasteiger partial charge on any atom is -0.444 e. The van der Waals surface area contributed by atoms with Crippen molar-refractivity contribution in [2.75, 3.05) is 7.05 Å². The Morgan fingerprint density at radius 3 is 2.46 bits per heavy atom. The molecule has 0 aliphatic heterocycles. The smallest absolute Gasteiger partial charge is 0.411 e. The summed E-state index contributed by atoms with van der Waals surface area (Å²) in [5, 5.41) is 0.0213. The Hall–Kier alpha value is -1.67. The second-order valence-electron chi connectivity index (χ2n) is 7.49. The number of carbonyl (C=O) groups excluding carboxylic acids is 1. The van der Waals surface area contributed by atoms with E-state index in [0.717, 1.165) is 5.56 Å². The van der Waals surface area contributed by atoms with Crippen LogP contribution in [0.5, 0.6) is 0 Å². The summed E-state index contributed by atoms with van der Waals surface area (Å²) >= 11 is 8.12. The average molecular weight is 517 g/mol. The Morgan fingerprint density at radius 2 is 1.93 bits per heavy atom. The quantitative estimate of drug-likeness (QED) is 0.259. The molecule has 0 saturated heterocycles. The van der Waals surface area contributed by atoms with Gasteiger partial charge in [-0.3, -0.25) is 4.90 Å². The molecule has 2 rings (SSSR count). The van der Waals surface area contributed by atoms with E-state index in [2.05, 4.69) is 34.2 Å². The lowest BCUT2D eigenvalue weighted by atomic mass is 10.0. The first kappa shape index (κ1) is 22.6. The molecule has 0 fully saturated rings. The van der Waals surface area contributed by atoms with E-state index < -0.39 is 21.1 Å². The molecule has 1 aromatic carbocycles. The molecule has 0 aliphatic carbocycles. The molecule has 7 heteroatoms. The van der Waals surface area contributed by atoms with Gasteiger partial charge >= 0.3 is 6.09 Å². The molecule has 0 saturated carbocycles. The van der Waals surface area contributed by atoms with Crippen molar-refractivity contribution in [2.45, 2.75) is 36.8 Å². The number of rotatable bonds is 4. The first-order valence-electron chi connectivity index (χ1n) is 8.61. The summed E-state index contributed by atoms with van der Waals surface area (Å²) in [4.78, 5) is 18.6. The van der Waals surface area contributed by atoms with Crippen LogP contribution in [-0.4, -0.2) is 28.6 Å². The summed E-state index contributed by atoms with van der Waals surface area (Å²) in [6.07, 6.45) is 1.19. The third-order valence-electron chi connectivity index (χ3n) is 4.09. The van der Waals surface area contributed by atoms with E-state index in [1.807, 2.05) is 39.8 Å². The average Bonchev–Trinajstić information content (AvgIpc) is 2.61. The molecular weight excluding hydrogens is 494 g/mol. The van der Waals surface area contributed by atoms with Crippen molar-refractivity contribution in [2.24, 2.45) is 0 Å². The molecule has 4 nitrogen and oxygen atoms in total. The van der Waals surface area contributed by atoms with Gasteiger partial charge in [-0.05, 0) is 92.3 Å². The van der Waals surface area contributed by atoms with Crippen LogP contribution in [0.1, 0.15) is 39.0 Å². The van der Waals surface area contributed by atoms with Gasteiger partial charge in [-0.15, -0.1) is 0 Å². The van der Waals surface area contributed by atoms with Crippen LogP contribution in [-0.2, 0) is 8.28 Å². The van der Waals surface area contributed by atoms with E-state index in [1.54, 1.807) is 19.2 Å².